The number of nitrogens with zero attached hydrogens (tertiary/aromatic N) is 1. The topological polar surface area (TPSA) is 3.24 Å². The lowest BCUT2D eigenvalue weighted by molar-refractivity contribution is 0.627. The van der Waals surface area contributed by atoms with Gasteiger partial charge in [-0.05, 0) is 18.2 Å². The Morgan fingerprint density at radius 1 is 1.55 bits per heavy atom. The molecule has 1 aromatic rings. The summed E-state index contributed by atoms with van der Waals surface area (Å²) in [5, 5.41) is 0. The molecular formula is C8H10FNS. The van der Waals surface area contributed by atoms with Gasteiger partial charge in [-0.3, -0.25) is 0 Å². The largest absolute Gasteiger partial charge is 0.366 e. The number of hydrogen-bond donors (Lipinski definition) is 1. The predicted octanol–water partition coefficient (Wildman–Crippen LogP) is 2.15. The summed E-state index contributed by atoms with van der Waals surface area (Å²) in [4.78, 5) is 1.85. The monoisotopic (exact) mass is 171 g/mol. The van der Waals surface area contributed by atoms with E-state index >= 15 is 0 Å². The highest BCUT2D eigenvalue weighted by Crippen LogP contribution is 2.13. The molecule has 0 aromatic heterocycles. The molecule has 0 heterocycles. The van der Waals surface area contributed by atoms with Crippen LogP contribution in [0.1, 0.15) is 0 Å². The molecule has 0 saturated carbocycles. The minimum absolute atomic E-state index is 0.212. The highest BCUT2D eigenvalue weighted by molar-refractivity contribution is 7.80. The van der Waals surface area contributed by atoms with Crippen LogP contribution in [0.3, 0.4) is 0 Å². The molecule has 0 spiro atoms. The van der Waals surface area contributed by atoms with Gasteiger partial charge in [-0.25, -0.2) is 4.39 Å². The van der Waals surface area contributed by atoms with Gasteiger partial charge in [0.25, 0.3) is 0 Å². The maximum Gasteiger partial charge on any atom is 0.125 e. The zero-order valence-electron chi connectivity index (χ0n) is 6.29. The van der Waals surface area contributed by atoms with E-state index in [9.17, 15) is 4.39 Å². The van der Waals surface area contributed by atoms with Gasteiger partial charge in [0, 0.05) is 12.7 Å². The Labute approximate surface area is 71.2 Å². The molecule has 0 aliphatic carbocycles. The standard InChI is InChI=1S/C8H10FNS/c1-10(6-11)8-4-2-3-7(9)5-8/h2-5,11H,6H2,1H3. The van der Waals surface area contributed by atoms with Crippen molar-refractivity contribution in [1.29, 1.82) is 0 Å². The van der Waals surface area contributed by atoms with Gasteiger partial charge < -0.3 is 4.90 Å². The molecule has 0 N–H and O–H groups in total. The fourth-order valence-electron chi connectivity index (χ4n) is 0.795. The normalized spacial score (nSPS) is 9.73. The molecule has 0 unspecified atom stereocenters. The van der Waals surface area contributed by atoms with Crippen LogP contribution in [-0.2, 0) is 0 Å². The summed E-state index contributed by atoms with van der Waals surface area (Å²) in [5.41, 5.74) is 0.847. The number of thiol groups is 1. The number of rotatable bonds is 2. The third-order valence-corrected chi connectivity index (χ3v) is 1.89. The SMILES string of the molecule is CN(CS)c1cccc(F)c1. The van der Waals surface area contributed by atoms with Crippen LogP contribution >= 0.6 is 12.6 Å². The lowest BCUT2D eigenvalue weighted by Gasteiger charge is -2.15. The molecule has 0 aliphatic heterocycles. The second kappa shape index (κ2) is 3.62. The number of halogens is 1. The molecule has 1 nitrogen and oxygen atoms in total. The quantitative estimate of drug-likeness (QED) is 0.527. The number of benzene rings is 1. The maximum atomic E-state index is 12.6. The van der Waals surface area contributed by atoms with Gasteiger partial charge in [0.05, 0.1) is 5.88 Å². The third kappa shape index (κ3) is 2.12. The van der Waals surface area contributed by atoms with Crippen LogP contribution in [0.5, 0.6) is 0 Å². The van der Waals surface area contributed by atoms with E-state index in [1.54, 1.807) is 6.07 Å². The molecule has 0 saturated heterocycles. The van der Waals surface area contributed by atoms with Crippen LogP contribution in [0.4, 0.5) is 10.1 Å². The van der Waals surface area contributed by atoms with E-state index in [-0.39, 0.29) is 5.82 Å². The zero-order valence-corrected chi connectivity index (χ0v) is 7.18. The van der Waals surface area contributed by atoms with Crippen molar-refractivity contribution >= 4 is 18.3 Å². The Hall–Kier alpha value is -0.700. The van der Waals surface area contributed by atoms with Gasteiger partial charge in [-0.2, -0.15) is 12.6 Å². The van der Waals surface area contributed by atoms with E-state index in [4.69, 9.17) is 0 Å². The average Bonchev–Trinajstić information content (AvgIpc) is 2.03. The zero-order chi connectivity index (χ0) is 8.27. The van der Waals surface area contributed by atoms with Crippen LogP contribution in [0, 0.1) is 5.82 Å². The second-order valence-corrected chi connectivity index (χ2v) is 2.60. The van der Waals surface area contributed by atoms with Crippen molar-refractivity contribution in [3.63, 3.8) is 0 Å². The highest BCUT2D eigenvalue weighted by Gasteiger charge is 1.97. The summed E-state index contributed by atoms with van der Waals surface area (Å²) >= 11 is 4.06. The first-order valence-corrected chi connectivity index (χ1v) is 3.95. The lowest BCUT2D eigenvalue weighted by Crippen LogP contribution is -2.13. The van der Waals surface area contributed by atoms with Crippen molar-refractivity contribution < 1.29 is 4.39 Å². The summed E-state index contributed by atoms with van der Waals surface area (Å²) in [5.74, 6) is 0.375. The van der Waals surface area contributed by atoms with E-state index in [1.165, 1.54) is 12.1 Å². The van der Waals surface area contributed by atoms with Crippen LogP contribution in [-0.4, -0.2) is 12.9 Å². The van der Waals surface area contributed by atoms with E-state index in [2.05, 4.69) is 12.6 Å². The first kappa shape index (κ1) is 8.40. The van der Waals surface area contributed by atoms with Crippen molar-refractivity contribution in [2.24, 2.45) is 0 Å². The van der Waals surface area contributed by atoms with E-state index in [0.29, 0.717) is 5.88 Å². The molecule has 60 valence electrons. The molecule has 11 heavy (non-hydrogen) atoms. The Morgan fingerprint density at radius 3 is 2.82 bits per heavy atom. The molecule has 0 fully saturated rings. The van der Waals surface area contributed by atoms with Crippen molar-refractivity contribution in [2.75, 3.05) is 17.8 Å². The summed E-state index contributed by atoms with van der Waals surface area (Å²) in [7, 11) is 1.86. The van der Waals surface area contributed by atoms with Crippen molar-refractivity contribution in [1.82, 2.24) is 0 Å². The smallest absolute Gasteiger partial charge is 0.125 e. The molecule has 0 amide bonds. The Kier molecular flexibility index (Phi) is 2.76. The van der Waals surface area contributed by atoms with E-state index in [0.717, 1.165) is 5.69 Å². The fourth-order valence-corrected chi connectivity index (χ4v) is 0.959. The summed E-state index contributed by atoms with van der Waals surface area (Å²) in [6.45, 7) is 0. The Bertz CT molecular complexity index is 239. The molecular weight excluding hydrogens is 161 g/mol. The van der Waals surface area contributed by atoms with Crippen molar-refractivity contribution in [3.8, 4) is 0 Å². The first-order valence-electron chi connectivity index (χ1n) is 3.31. The molecule has 0 aliphatic rings. The van der Waals surface area contributed by atoms with Crippen LogP contribution in [0.25, 0.3) is 0 Å². The minimum atomic E-state index is -0.212. The first-order chi connectivity index (χ1) is 5.24. The van der Waals surface area contributed by atoms with Gasteiger partial charge in [0.2, 0.25) is 0 Å². The Morgan fingerprint density at radius 2 is 2.27 bits per heavy atom. The fraction of sp³-hybridized carbons (Fsp3) is 0.250. The molecule has 0 radical (unpaired) electrons. The molecule has 1 aromatic carbocycles. The average molecular weight is 171 g/mol. The molecule has 0 bridgehead atoms. The van der Waals surface area contributed by atoms with Gasteiger partial charge in [-0.1, -0.05) is 6.07 Å². The highest BCUT2D eigenvalue weighted by atomic mass is 32.1. The van der Waals surface area contributed by atoms with Crippen molar-refractivity contribution in [3.05, 3.63) is 30.1 Å². The Balaban J connectivity index is 2.86. The van der Waals surface area contributed by atoms with Crippen molar-refractivity contribution in [2.45, 2.75) is 0 Å². The van der Waals surface area contributed by atoms with Gasteiger partial charge in [0.1, 0.15) is 5.82 Å². The third-order valence-electron chi connectivity index (χ3n) is 1.46. The summed E-state index contributed by atoms with van der Waals surface area (Å²) < 4.78 is 12.6. The van der Waals surface area contributed by atoms with Crippen LogP contribution in [0.15, 0.2) is 24.3 Å². The van der Waals surface area contributed by atoms with Gasteiger partial charge in [-0.15, -0.1) is 0 Å². The summed E-state index contributed by atoms with van der Waals surface area (Å²) in [6.07, 6.45) is 0. The van der Waals surface area contributed by atoms with Crippen LogP contribution in [0.2, 0.25) is 0 Å². The van der Waals surface area contributed by atoms with Gasteiger partial charge in [0.15, 0.2) is 0 Å². The maximum absolute atomic E-state index is 12.6. The molecule has 1 rings (SSSR count). The molecule has 0 atom stereocenters. The van der Waals surface area contributed by atoms with Crippen LogP contribution < -0.4 is 4.90 Å². The number of anilines is 1. The predicted molar refractivity (Wildman–Crippen MR) is 48.7 cm³/mol. The molecule has 3 heteroatoms. The number of hydrogen-bond acceptors (Lipinski definition) is 2. The van der Waals surface area contributed by atoms with E-state index in [1.807, 2.05) is 18.0 Å². The van der Waals surface area contributed by atoms with E-state index < -0.39 is 0 Å². The minimum Gasteiger partial charge on any atom is -0.366 e. The lowest BCUT2D eigenvalue weighted by atomic mass is 10.3. The van der Waals surface area contributed by atoms with Gasteiger partial charge >= 0.3 is 0 Å². The summed E-state index contributed by atoms with van der Waals surface area (Å²) in [6, 6.07) is 6.44. The second-order valence-electron chi connectivity index (χ2n) is 2.32.